The van der Waals surface area contributed by atoms with E-state index in [0.29, 0.717) is 11.3 Å². The third-order valence-electron chi connectivity index (χ3n) is 7.57. The first-order valence-electron chi connectivity index (χ1n) is 11.8. The van der Waals surface area contributed by atoms with Gasteiger partial charge in [-0.1, -0.05) is 63.3 Å². The number of rotatable bonds is 6. The van der Waals surface area contributed by atoms with E-state index in [1.165, 1.54) is 51.4 Å². The zero-order valence-corrected chi connectivity index (χ0v) is 18.2. The molecule has 4 unspecified atom stereocenters. The Kier molecular flexibility index (Phi) is 6.78. The minimum Gasteiger partial charge on any atom is -0.402 e. The lowest BCUT2D eigenvalue weighted by Gasteiger charge is -2.42. The van der Waals surface area contributed by atoms with Gasteiger partial charge in [-0.2, -0.15) is 0 Å². The largest absolute Gasteiger partial charge is 0.573 e. The normalized spacial score (nSPS) is 26.6. The molecule has 5 heteroatoms. The molecular weight excluding hydrogens is 404 g/mol. The second-order valence-electron chi connectivity index (χ2n) is 9.61. The molecule has 0 aliphatic heterocycles. The molecule has 2 saturated carbocycles. The summed E-state index contributed by atoms with van der Waals surface area (Å²) >= 11 is 0. The summed E-state index contributed by atoms with van der Waals surface area (Å²) in [6, 6.07) is 7.99. The number of hydrogen-bond donors (Lipinski definition) is 0. The van der Waals surface area contributed by atoms with Crippen molar-refractivity contribution in [2.75, 3.05) is 0 Å². The minimum absolute atomic E-state index is 0.169. The van der Waals surface area contributed by atoms with E-state index in [0.717, 1.165) is 42.2 Å². The van der Waals surface area contributed by atoms with Crippen LogP contribution in [0.25, 0.3) is 10.8 Å². The molecule has 2 aliphatic carbocycles. The maximum Gasteiger partial charge on any atom is 0.573 e. The van der Waals surface area contributed by atoms with Gasteiger partial charge in [0.1, 0.15) is 0 Å². The fourth-order valence-corrected chi connectivity index (χ4v) is 6.00. The molecule has 0 radical (unpaired) electrons. The Bertz CT molecular complexity index is 891. The van der Waals surface area contributed by atoms with Crippen LogP contribution in [0.4, 0.5) is 17.6 Å². The molecule has 2 fully saturated rings. The average molecular weight is 437 g/mol. The van der Waals surface area contributed by atoms with Crippen LogP contribution in [0.3, 0.4) is 0 Å². The van der Waals surface area contributed by atoms with Crippen molar-refractivity contribution in [2.45, 2.75) is 83.4 Å². The Hall–Kier alpha value is -1.78. The second-order valence-corrected chi connectivity index (χ2v) is 9.61. The summed E-state index contributed by atoms with van der Waals surface area (Å²) in [6.45, 7) is 2.26. The van der Waals surface area contributed by atoms with Crippen molar-refractivity contribution in [3.05, 3.63) is 41.7 Å². The average Bonchev–Trinajstić information content (AvgIpc) is 2.74. The zero-order chi connectivity index (χ0) is 22.0. The summed E-state index contributed by atoms with van der Waals surface area (Å²) in [6.07, 6.45) is 7.99. The summed E-state index contributed by atoms with van der Waals surface area (Å²) in [4.78, 5) is 0. The lowest BCUT2D eigenvalue weighted by Crippen LogP contribution is -2.30. The molecule has 2 aromatic rings. The first-order chi connectivity index (χ1) is 14.8. The Balaban J connectivity index is 1.45. The Labute approximate surface area is 182 Å². The number of ether oxygens (including phenoxy) is 1. The van der Waals surface area contributed by atoms with E-state index in [9.17, 15) is 17.6 Å². The molecule has 0 N–H and O–H groups in total. The van der Waals surface area contributed by atoms with Crippen LogP contribution >= 0.6 is 0 Å². The van der Waals surface area contributed by atoms with E-state index in [-0.39, 0.29) is 5.39 Å². The number of alkyl halides is 3. The maximum absolute atomic E-state index is 14.0. The van der Waals surface area contributed by atoms with E-state index in [1.54, 1.807) is 12.1 Å². The van der Waals surface area contributed by atoms with E-state index in [2.05, 4.69) is 11.7 Å². The summed E-state index contributed by atoms with van der Waals surface area (Å²) in [5, 5.41) is 0.766. The van der Waals surface area contributed by atoms with Gasteiger partial charge in [0, 0.05) is 5.39 Å². The number of hydrogen-bond acceptors (Lipinski definition) is 1. The molecule has 2 aromatic carbocycles. The molecule has 0 aromatic heterocycles. The summed E-state index contributed by atoms with van der Waals surface area (Å²) in [7, 11) is 0. The highest BCUT2D eigenvalue weighted by molar-refractivity contribution is 5.89. The SMILES string of the molecule is CCCCCC1CCC2CC(c3ccc4c(OC(F)(F)F)c(F)ccc4c3)CCC2C1. The fourth-order valence-electron chi connectivity index (χ4n) is 6.00. The Morgan fingerprint density at radius 1 is 0.935 bits per heavy atom. The van der Waals surface area contributed by atoms with Crippen molar-refractivity contribution in [3.63, 3.8) is 0 Å². The van der Waals surface area contributed by atoms with E-state index < -0.39 is 17.9 Å². The zero-order valence-electron chi connectivity index (χ0n) is 18.2. The van der Waals surface area contributed by atoms with Gasteiger partial charge in [0.25, 0.3) is 0 Å². The van der Waals surface area contributed by atoms with E-state index >= 15 is 0 Å². The van der Waals surface area contributed by atoms with Gasteiger partial charge in [-0.25, -0.2) is 4.39 Å². The number of benzene rings is 2. The van der Waals surface area contributed by atoms with Crippen molar-refractivity contribution in [2.24, 2.45) is 17.8 Å². The van der Waals surface area contributed by atoms with E-state index in [4.69, 9.17) is 0 Å². The quantitative estimate of drug-likeness (QED) is 0.325. The number of fused-ring (bicyclic) bond motifs is 2. The van der Waals surface area contributed by atoms with Gasteiger partial charge < -0.3 is 4.74 Å². The Morgan fingerprint density at radius 3 is 2.48 bits per heavy atom. The summed E-state index contributed by atoms with van der Waals surface area (Å²) in [5.41, 5.74) is 1.15. The molecule has 0 amide bonds. The minimum atomic E-state index is -4.92. The molecule has 0 heterocycles. The van der Waals surface area contributed by atoms with Crippen LogP contribution in [0, 0.1) is 23.6 Å². The second kappa shape index (κ2) is 9.38. The predicted octanol–water partition coefficient (Wildman–Crippen LogP) is 8.76. The fraction of sp³-hybridized carbons (Fsp3) is 0.615. The number of unbranched alkanes of at least 4 members (excludes halogenated alkanes) is 2. The van der Waals surface area contributed by atoms with Crippen molar-refractivity contribution in [1.29, 1.82) is 0 Å². The number of halogens is 4. The summed E-state index contributed by atoms with van der Waals surface area (Å²) in [5.74, 6) is 1.19. The molecule has 4 rings (SSSR count). The highest BCUT2D eigenvalue weighted by Gasteiger charge is 2.36. The van der Waals surface area contributed by atoms with Crippen molar-refractivity contribution >= 4 is 10.8 Å². The van der Waals surface area contributed by atoms with Crippen LogP contribution in [0.5, 0.6) is 5.75 Å². The van der Waals surface area contributed by atoms with Gasteiger partial charge in [-0.05, 0) is 72.8 Å². The molecule has 0 spiro atoms. The van der Waals surface area contributed by atoms with Crippen LogP contribution in [-0.4, -0.2) is 6.36 Å². The lowest BCUT2D eigenvalue weighted by atomic mass is 9.63. The highest BCUT2D eigenvalue weighted by Crippen LogP contribution is 2.49. The van der Waals surface area contributed by atoms with Crippen LogP contribution in [0.1, 0.15) is 82.6 Å². The van der Waals surface area contributed by atoms with Crippen LogP contribution in [0.15, 0.2) is 30.3 Å². The van der Waals surface area contributed by atoms with Crippen LogP contribution in [-0.2, 0) is 0 Å². The smallest absolute Gasteiger partial charge is 0.402 e. The standard InChI is InChI=1S/C26H32F4O/c1-2-3-4-5-17-6-7-19-15-20(9-8-18(19)14-17)21-10-12-23-22(16-21)11-13-24(27)25(23)31-26(28,29)30/h10-13,16-20H,2-9,14-15H2,1H3. The predicted molar refractivity (Wildman–Crippen MR) is 116 cm³/mol. The first-order valence-corrected chi connectivity index (χ1v) is 11.8. The Morgan fingerprint density at radius 2 is 1.71 bits per heavy atom. The van der Waals surface area contributed by atoms with Gasteiger partial charge in [-0.15, -0.1) is 13.2 Å². The highest BCUT2D eigenvalue weighted by atomic mass is 19.4. The topological polar surface area (TPSA) is 9.23 Å². The van der Waals surface area contributed by atoms with Crippen LogP contribution < -0.4 is 4.74 Å². The van der Waals surface area contributed by atoms with Crippen molar-refractivity contribution < 1.29 is 22.3 Å². The molecule has 31 heavy (non-hydrogen) atoms. The van der Waals surface area contributed by atoms with Gasteiger partial charge in [0.2, 0.25) is 0 Å². The van der Waals surface area contributed by atoms with Crippen LogP contribution in [0.2, 0.25) is 0 Å². The molecule has 0 saturated heterocycles. The lowest BCUT2D eigenvalue weighted by molar-refractivity contribution is -0.275. The molecule has 4 atom stereocenters. The molecule has 1 nitrogen and oxygen atoms in total. The third-order valence-corrected chi connectivity index (χ3v) is 7.57. The first kappa shape index (κ1) is 22.4. The molecule has 0 bridgehead atoms. The third kappa shape index (κ3) is 5.35. The monoisotopic (exact) mass is 436 g/mol. The van der Waals surface area contributed by atoms with Gasteiger partial charge in [0.15, 0.2) is 11.6 Å². The van der Waals surface area contributed by atoms with Gasteiger partial charge >= 0.3 is 6.36 Å². The van der Waals surface area contributed by atoms with Gasteiger partial charge in [-0.3, -0.25) is 0 Å². The van der Waals surface area contributed by atoms with E-state index in [1.807, 2.05) is 12.1 Å². The van der Waals surface area contributed by atoms with Crippen molar-refractivity contribution in [1.82, 2.24) is 0 Å². The summed E-state index contributed by atoms with van der Waals surface area (Å²) < 4.78 is 56.1. The molecule has 2 aliphatic rings. The molecule has 170 valence electrons. The van der Waals surface area contributed by atoms with Gasteiger partial charge in [0.05, 0.1) is 0 Å². The molecular formula is C26H32F4O. The maximum atomic E-state index is 14.0. The van der Waals surface area contributed by atoms with Crippen molar-refractivity contribution in [3.8, 4) is 5.75 Å².